The van der Waals surface area contributed by atoms with Crippen molar-refractivity contribution in [2.24, 2.45) is 5.92 Å². The van der Waals surface area contributed by atoms with Gasteiger partial charge in [-0.1, -0.05) is 24.6 Å². The fourth-order valence-corrected chi connectivity index (χ4v) is 3.89. The summed E-state index contributed by atoms with van der Waals surface area (Å²) in [6, 6.07) is 6.94. The fourth-order valence-electron chi connectivity index (χ4n) is 2.38. The first-order valence-electron chi connectivity index (χ1n) is 6.37. The lowest BCUT2D eigenvalue weighted by Crippen LogP contribution is -2.52. The maximum absolute atomic E-state index is 13.8. The zero-order chi connectivity index (χ0) is 14.2. The van der Waals surface area contributed by atoms with Crippen LogP contribution in [-0.2, 0) is 10.8 Å². The summed E-state index contributed by atoms with van der Waals surface area (Å²) in [5, 5.41) is 8.92. The maximum atomic E-state index is 13.8. The molecule has 0 unspecified atom stereocenters. The number of aryl methyl sites for hydroxylation is 1. The Morgan fingerprint density at radius 2 is 1.84 bits per heavy atom. The smallest absolute Gasteiger partial charge is 0.277 e. The minimum absolute atomic E-state index is 0.284. The average Bonchev–Trinajstić information content (AvgIpc) is 2.37. The number of alkyl halides is 2. The molecule has 0 heterocycles. The SMILES string of the molecule is Cc1ccc([S@](=O)[C@@H]2CC[C@@H](C)C(F)(F)[C@@H]2O)cc1. The predicted molar refractivity (Wildman–Crippen MR) is 70.7 cm³/mol. The highest BCUT2D eigenvalue weighted by atomic mass is 32.2. The summed E-state index contributed by atoms with van der Waals surface area (Å²) >= 11 is 0. The molecule has 1 fully saturated rings. The molecule has 0 aliphatic heterocycles. The second-order valence-electron chi connectivity index (χ2n) is 5.25. The summed E-state index contributed by atoms with van der Waals surface area (Å²) in [4.78, 5) is 0.500. The van der Waals surface area contributed by atoms with Crippen LogP contribution >= 0.6 is 0 Å². The Kier molecular flexibility index (Phi) is 4.06. The van der Waals surface area contributed by atoms with Crippen molar-refractivity contribution >= 4 is 10.8 Å². The van der Waals surface area contributed by atoms with E-state index >= 15 is 0 Å². The number of rotatable bonds is 2. The molecular formula is C14H18F2O2S. The second-order valence-corrected chi connectivity index (χ2v) is 6.92. The van der Waals surface area contributed by atoms with Gasteiger partial charge in [-0.05, 0) is 31.9 Å². The highest BCUT2D eigenvalue weighted by Gasteiger charge is 2.52. The summed E-state index contributed by atoms with van der Waals surface area (Å²) in [6.45, 7) is 3.33. The van der Waals surface area contributed by atoms with E-state index in [0.29, 0.717) is 11.3 Å². The van der Waals surface area contributed by atoms with Crippen LogP contribution in [0, 0.1) is 12.8 Å². The molecule has 0 radical (unpaired) electrons. The van der Waals surface area contributed by atoms with Crippen molar-refractivity contribution in [3.8, 4) is 0 Å². The Balaban J connectivity index is 2.22. The molecule has 106 valence electrons. The van der Waals surface area contributed by atoms with E-state index < -0.39 is 34.0 Å². The van der Waals surface area contributed by atoms with Gasteiger partial charge in [-0.2, -0.15) is 0 Å². The molecule has 1 saturated carbocycles. The molecule has 19 heavy (non-hydrogen) atoms. The van der Waals surface area contributed by atoms with Crippen LogP contribution in [0.15, 0.2) is 29.2 Å². The van der Waals surface area contributed by atoms with Gasteiger partial charge in [0.1, 0.15) is 6.10 Å². The first kappa shape index (κ1) is 14.6. The van der Waals surface area contributed by atoms with Gasteiger partial charge < -0.3 is 5.11 Å². The molecule has 1 aliphatic rings. The molecule has 1 aromatic carbocycles. The molecule has 0 bridgehead atoms. The monoisotopic (exact) mass is 288 g/mol. The largest absolute Gasteiger partial charge is 0.386 e. The first-order chi connectivity index (χ1) is 8.84. The van der Waals surface area contributed by atoms with E-state index in [-0.39, 0.29) is 6.42 Å². The molecular weight excluding hydrogens is 270 g/mol. The van der Waals surface area contributed by atoms with Crippen molar-refractivity contribution < 1.29 is 18.1 Å². The molecule has 2 rings (SSSR count). The van der Waals surface area contributed by atoms with Crippen LogP contribution < -0.4 is 0 Å². The Morgan fingerprint density at radius 3 is 2.42 bits per heavy atom. The molecule has 0 aromatic heterocycles. The average molecular weight is 288 g/mol. The van der Waals surface area contributed by atoms with Crippen molar-refractivity contribution in [1.82, 2.24) is 0 Å². The van der Waals surface area contributed by atoms with Gasteiger partial charge in [-0.3, -0.25) is 4.21 Å². The number of benzene rings is 1. The standard InChI is InChI=1S/C14H18F2O2S/c1-9-3-6-11(7-4-9)19(18)12-8-5-10(2)14(15,16)13(12)17/h3-4,6-7,10,12-13,17H,5,8H2,1-2H3/t10-,12-,13-,19+/m1/s1. The Labute approximate surface area is 114 Å². The van der Waals surface area contributed by atoms with Crippen LogP contribution in [0.2, 0.25) is 0 Å². The normalized spacial score (nSPS) is 31.9. The number of hydrogen-bond acceptors (Lipinski definition) is 2. The van der Waals surface area contributed by atoms with Crippen molar-refractivity contribution in [3.63, 3.8) is 0 Å². The van der Waals surface area contributed by atoms with Crippen LogP contribution in [0.4, 0.5) is 8.78 Å². The van der Waals surface area contributed by atoms with Crippen molar-refractivity contribution in [2.45, 2.75) is 48.9 Å². The van der Waals surface area contributed by atoms with E-state index in [1.165, 1.54) is 6.92 Å². The van der Waals surface area contributed by atoms with Gasteiger partial charge in [0, 0.05) is 10.8 Å². The number of aliphatic hydroxyl groups excluding tert-OH is 1. The molecule has 0 spiro atoms. The van der Waals surface area contributed by atoms with Crippen LogP contribution in [0.25, 0.3) is 0 Å². The van der Waals surface area contributed by atoms with E-state index in [0.717, 1.165) is 5.56 Å². The van der Waals surface area contributed by atoms with Crippen LogP contribution in [0.1, 0.15) is 25.3 Å². The third-order valence-electron chi connectivity index (χ3n) is 3.82. The summed E-state index contributed by atoms with van der Waals surface area (Å²) < 4.78 is 39.9. The minimum atomic E-state index is -3.16. The summed E-state index contributed by atoms with van der Waals surface area (Å²) in [7, 11) is -1.60. The van der Waals surface area contributed by atoms with Crippen LogP contribution in [0.3, 0.4) is 0 Å². The third-order valence-corrected chi connectivity index (χ3v) is 5.60. The van der Waals surface area contributed by atoms with E-state index in [9.17, 15) is 18.1 Å². The number of halogens is 2. The Morgan fingerprint density at radius 1 is 1.26 bits per heavy atom. The summed E-state index contributed by atoms with van der Waals surface area (Å²) in [5.41, 5.74) is 1.02. The second kappa shape index (κ2) is 5.29. The van der Waals surface area contributed by atoms with Gasteiger partial charge in [-0.15, -0.1) is 0 Å². The number of hydrogen-bond donors (Lipinski definition) is 1. The van der Waals surface area contributed by atoms with E-state index in [4.69, 9.17) is 0 Å². The van der Waals surface area contributed by atoms with Crippen molar-refractivity contribution in [2.75, 3.05) is 0 Å². The fraction of sp³-hybridized carbons (Fsp3) is 0.571. The molecule has 2 nitrogen and oxygen atoms in total. The van der Waals surface area contributed by atoms with E-state index in [1.807, 2.05) is 6.92 Å². The lowest BCUT2D eigenvalue weighted by atomic mass is 9.84. The summed E-state index contributed by atoms with van der Waals surface area (Å²) in [5.74, 6) is -4.03. The molecule has 1 N–H and O–H groups in total. The molecule has 1 aromatic rings. The van der Waals surface area contributed by atoms with Gasteiger partial charge in [0.25, 0.3) is 5.92 Å². The topological polar surface area (TPSA) is 37.3 Å². The molecule has 0 amide bonds. The highest BCUT2D eigenvalue weighted by molar-refractivity contribution is 7.85. The minimum Gasteiger partial charge on any atom is -0.386 e. The van der Waals surface area contributed by atoms with E-state index in [1.54, 1.807) is 24.3 Å². The molecule has 4 atom stereocenters. The van der Waals surface area contributed by atoms with Crippen molar-refractivity contribution in [3.05, 3.63) is 29.8 Å². The quantitative estimate of drug-likeness (QED) is 0.908. The molecule has 1 aliphatic carbocycles. The van der Waals surface area contributed by atoms with Gasteiger partial charge in [0.2, 0.25) is 0 Å². The Hall–Kier alpha value is -0.810. The van der Waals surface area contributed by atoms with Gasteiger partial charge in [0.05, 0.1) is 16.0 Å². The third kappa shape index (κ3) is 2.72. The zero-order valence-electron chi connectivity index (χ0n) is 11.0. The van der Waals surface area contributed by atoms with Crippen LogP contribution in [-0.4, -0.2) is 26.6 Å². The van der Waals surface area contributed by atoms with Gasteiger partial charge in [0.15, 0.2) is 0 Å². The lowest BCUT2D eigenvalue weighted by Gasteiger charge is -2.38. The van der Waals surface area contributed by atoms with Crippen LogP contribution in [0.5, 0.6) is 0 Å². The number of aliphatic hydroxyl groups is 1. The predicted octanol–water partition coefficient (Wildman–Crippen LogP) is 2.90. The molecule has 0 saturated heterocycles. The Bertz CT molecular complexity index is 473. The van der Waals surface area contributed by atoms with Crippen molar-refractivity contribution in [1.29, 1.82) is 0 Å². The molecule has 5 heteroatoms. The zero-order valence-corrected chi connectivity index (χ0v) is 11.8. The van der Waals surface area contributed by atoms with Gasteiger partial charge in [-0.25, -0.2) is 8.78 Å². The van der Waals surface area contributed by atoms with Gasteiger partial charge >= 0.3 is 0 Å². The summed E-state index contributed by atoms with van der Waals surface area (Å²) in [6.07, 6.45) is -1.19. The maximum Gasteiger partial charge on any atom is 0.277 e. The first-order valence-corrected chi connectivity index (χ1v) is 7.58. The van der Waals surface area contributed by atoms with E-state index in [2.05, 4.69) is 0 Å². The highest BCUT2D eigenvalue weighted by Crippen LogP contribution is 2.41. The lowest BCUT2D eigenvalue weighted by molar-refractivity contribution is -0.160.